The second-order valence-electron chi connectivity index (χ2n) is 6.27. The van der Waals surface area contributed by atoms with Crippen LogP contribution in [0.4, 0.5) is 0 Å². The smallest absolute Gasteiger partial charge is 0.251 e. The highest BCUT2D eigenvalue weighted by Gasteiger charge is 2.08. The van der Waals surface area contributed by atoms with Crippen LogP contribution in [0.1, 0.15) is 34.1 Å². The van der Waals surface area contributed by atoms with Crippen molar-refractivity contribution in [2.75, 3.05) is 0 Å². The summed E-state index contributed by atoms with van der Waals surface area (Å²) in [5.41, 5.74) is 3.39. The van der Waals surface area contributed by atoms with Crippen LogP contribution >= 0.6 is 11.6 Å². The topological polar surface area (TPSA) is 56.2 Å². The Morgan fingerprint density at radius 1 is 1.22 bits per heavy atom. The lowest BCUT2D eigenvalue weighted by molar-refractivity contribution is 0.0950. The highest BCUT2D eigenvalue weighted by molar-refractivity contribution is 6.32. The van der Waals surface area contributed by atoms with Crippen molar-refractivity contribution in [1.82, 2.24) is 15.1 Å². The van der Waals surface area contributed by atoms with E-state index in [2.05, 4.69) is 10.4 Å². The fourth-order valence-electron chi connectivity index (χ4n) is 2.63. The first-order valence-electron chi connectivity index (χ1n) is 8.83. The van der Waals surface area contributed by atoms with E-state index in [4.69, 9.17) is 16.3 Å². The summed E-state index contributed by atoms with van der Waals surface area (Å²) < 4.78 is 7.64. The Labute approximate surface area is 163 Å². The molecule has 2 aromatic carbocycles. The van der Waals surface area contributed by atoms with Gasteiger partial charge in [-0.25, -0.2) is 0 Å². The quantitative estimate of drug-likeness (QED) is 0.659. The third-order valence-electron chi connectivity index (χ3n) is 4.12. The minimum atomic E-state index is -0.142. The van der Waals surface area contributed by atoms with E-state index in [9.17, 15) is 4.79 Å². The number of benzene rings is 2. The minimum absolute atomic E-state index is 0.142. The van der Waals surface area contributed by atoms with Gasteiger partial charge in [0.15, 0.2) is 0 Å². The average molecular weight is 384 g/mol. The fourth-order valence-corrected chi connectivity index (χ4v) is 2.80. The molecule has 1 amide bonds. The van der Waals surface area contributed by atoms with Crippen molar-refractivity contribution in [1.29, 1.82) is 0 Å². The molecule has 0 saturated carbocycles. The number of aromatic nitrogens is 2. The maximum absolute atomic E-state index is 12.4. The van der Waals surface area contributed by atoms with E-state index >= 15 is 0 Å². The van der Waals surface area contributed by atoms with E-state index in [1.165, 1.54) is 0 Å². The second-order valence-corrected chi connectivity index (χ2v) is 6.68. The summed E-state index contributed by atoms with van der Waals surface area (Å²) in [5, 5.41) is 7.82. The lowest BCUT2D eigenvalue weighted by Crippen LogP contribution is -2.23. The number of nitrogens with one attached hydrogen (secondary N) is 1. The Hall–Kier alpha value is -2.79. The van der Waals surface area contributed by atoms with Crippen molar-refractivity contribution in [3.05, 3.63) is 82.1 Å². The molecule has 1 aromatic heterocycles. The Bertz CT molecular complexity index is 937. The number of ether oxygens (including phenoxy) is 1. The number of halogens is 1. The molecule has 3 rings (SSSR count). The summed E-state index contributed by atoms with van der Waals surface area (Å²) in [4.78, 5) is 12.4. The Morgan fingerprint density at radius 3 is 2.85 bits per heavy atom. The molecular formula is C21H22ClN3O2. The monoisotopic (exact) mass is 383 g/mol. The predicted octanol–water partition coefficient (Wildman–Crippen LogP) is 4.37. The van der Waals surface area contributed by atoms with Gasteiger partial charge < -0.3 is 10.1 Å². The molecule has 0 atom stereocenters. The molecule has 0 radical (unpaired) electrons. The number of hydrogen-bond acceptors (Lipinski definition) is 3. The van der Waals surface area contributed by atoms with Crippen molar-refractivity contribution >= 4 is 17.5 Å². The molecule has 0 fully saturated rings. The first kappa shape index (κ1) is 19.0. The van der Waals surface area contributed by atoms with Gasteiger partial charge in [-0.05, 0) is 55.3 Å². The Morgan fingerprint density at radius 2 is 2.07 bits per heavy atom. The molecule has 0 spiro atoms. The molecule has 5 nitrogen and oxygen atoms in total. The first-order valence-corrected chi connectivity index (χ1v) is 9.21. The maximum Gasteiger partial charge on any atom is 0.251 e. The van der Waals surface area contributed by atoms with Crippen molar-refractivity contribution in [3.8, 4) is 5.75 Å². The van der Waals surface area contributed by atoms with Crippen molar-refractivity contribution < 1.29 is 9.53 Å². The van der Waals surface area contributed by atoms with Crippen LogP contribution in [0, 0.1) is 6.92 Å². The van der Waals surface area contributed by atoms with Gasteiger partial charge in [0.25, 0.3) is 5.91 Å². The van der Waals surface area contributed by atoms with Crippen LogP contribution in [0.25, 0.3) is 0 Å². The van der Waals surface area contributed by atoms with Crippen LogP contribution in [-0.2, 0) is 19.7 Å². The predicted molar refractivity (Wildman–Crippen MR) is 106 cm³/mol. The normalized spacial score (nSPS) is 10.6. The summed E-state index contributed by atoms with van der Waals surface area (Å²) in [6.07, 6.45) is 1.90. The van der Waals surface area contributed by atoms with E-state index < -0.39 is 0 Å². The lowest BCUT2D eigenvalue weighted by Gasteiger charge is -2.10. The summed E-state index contributed by atoms with van der Waals surface area (Å²) in [6, 6.07) is 14.9. The molecule has 0 unspecified atom stereocenters. The SMILES string of the molecule is CCn1ccc(CNC(=O)c2cccc(COc3cc(C)ccc3Cl)c2)n1. The van der Waals surface area contributed by atoms with Gasteiger partial charge in [-0.15, -0.1) is 0 Å². The standard InChI is InChI=1S/C21H22ClN3O2/c1-3-25-10-9-18(24-25)13-23-21(26)17-6-4-5-16(12-17)14-27-20-11-15(2)7-8-19(20)22/h4-12H,3,13-14H2,1-2H3,(H,23,26). The van der Waals surface area contributed by atoms with Gasteiger partial charge in [0.1, 0.15) is 12.4 Å². The molecular weight excluding hydrogens is 362 g/mol. The Kier molecular flexibility index (Phi) is 6.14. The van der Waals surface area contributed by atoms with E-state index in [1.807, 2.05) is 67.2 Å². The highest BCUT2D eigenvalue weighted by Crippen LogP contribution is 2.26. The number of amides is 1. The van der Waals surface area contributed by atoms with Gasteiger partial charge >= 0.3 is 0 Å². The second kappa shape index (κ2) is 8.73. The zero-order chi connectivity index (χ0) is 19.2. The van der Waals surface area contributed by atoms with Gasteiger partial charge in [0.2, 0.25) is 0 Å². The van der Waals surface area contributed by atoms with Crippen LogP contribution < -0.4 is 10.1 Å². The zero-order valence-corrected chi connectivity index (χ0v) is 16.2. The van der Waals surface area contributed by atoms with E-state index in [-0.39, 0.29) is 5.91 Å². The number of carbonyl (C=O) groups excluding carboxylic acids is 1. The molecule has 1 heterocycles. The van der Waals surface area contributed by atoms with Crippen LogP contribution in [0.15, 0.2) is 54.7 Å². The van der Waals surface area contributed by atoms with Gasteiger partial charge in [0.05, 0.1) is 17.3 Å². The van der Waals surface area contributed by atoms with Crippen LogP contribution in [0.3, 0.4) is 0 Å². The molecule has 6 heteroatoms. The molecule has 0 aliphatic heterocycles. The highest BCUT2D eigenvalue weighted by atomic mass is 35.5. The third kappa shape index (κ3) is 5.11. The van der Waals surface area contributed by atoms with Crippen molar-refractivity contribution in [2.24, 2.45) is 0 Å². The van der Waals surface area contributed by atoms with Crippen LogP contribution in [0.5, 0.6) is 5.75 Å². The number of carbonyl (C=O) groups is 1. The fraction of sp³-hybridized carbons (Fsp3) is 0.238. The van der Waals surface area contributed by atoms with Crippen LogP contribution in [-0.4, -0.2) is 15.7 Å². The largest absolute Gasteiger partial charge is 0.487 e. The molecule has 1 N–H and O–H groups in total. The zero-order valence-electron chi connectivity index (χ0n) is 15.4. The van der Waals surface area contributed by atoms with Crippen molar-refractivity contribution in [3.63, 3.8) is 0 Å². The number of aryl methyl sites for hydroxylation is 2. The number of hydrogen-bond donors (Lipinski definition) is 1. The molecule has 27 heavy (non-hydrogen) atoms. The lowest BCUT2D eigenvalue weighted by atomic mass is 10.1. The van der Waals surface area contributed by atoms with Gasteiger partial charge in [-0.2, -0.15) is 5.10 Å². The first-order chi connectivity index (χ1) is 13.0. The molecule has 0 saturated heterocycles. The average Bonchev–Trinajstić information content (AvgIpc) is 3.15. The van der Waals surface area contributed by atoms with E-state index in [0.717, 1.165) is 23.4 Å². The molecule has 0 aliphatic carbocycles. The van der Waals surface area contributed by atoms with Gasteiger partial charge in [-0.1, -0.05) is 29.8 Å². The minimum Gasteiger partial charge on any atom is -0.487 e. The summed E-state index contributed by atoms with van der Waals surface area (Å²) in [7, 11) is 0. The number of rotatable bonds is 7. The molecule has 3 aromatic rings. The van der Waals surface area contributed by atoms with E-state index in [0.29, 0.717) is 29.5 Å². The summed E-state index contributed by atoms with van der Waals surface area (Å²) in [6.45, 7) is 5.54. The van der Waals surface area contributed by atoms with Crippen LogP contribution in [0.2, 0.25) is 5.02 Å². The maximum atomic E-state index is 12.4. The van der Waals surface area contributed by atoms with Crippen molar-refractivity contribution in [2.45, 2.75) is 33.5 Å². The molecule has 0 bridgehead atoms. The summed E-state index contributed by atoms with van der Waals surface area (Å²) in [5.74, 6) is 0.495. The van der Waals surface area contributed by atoms with Gasteiger partial charge in [0, 0.05) is 18.3 Å². The summed E-state index contributed by atoms with van der Waals surface area (Å²) >= 11 is 6.16. The molecule has 140 valence electrons. The third-order valence-corrected chi connectivity index (χ3v) is 4.43. The molecule has 0 aliphatic rings. The Balaban J connectivity index is 1.60. The van der Waals surface area contributed by atoms with E-state index in [1.54, 1.807) is 6.07 Å². The number of nitrogens with zero attached hydrogens (tertiary/aromatic N) is 2. The van der Waals surface area contributed by atoms with Gasteiger partial charge in [-0.3, -0.25) is 9.48 Å².